The summed E-state index contributed by atoms with van der Waals surface area (Å²) in [6, 6.07) is 0. The first-order valence-electron chi connectivity index (χ1n) is 5.33. The fourth-order valence-electron chi connectivity index (χ4n) is 1.85. The van der Waals surface area contributed by atoms with Gasteiger partial charge < -0.3 is 4.74 Å². The van der Waals surface area contributed by atoms with Gasteiger partial charge in [0.05, 0.1) is 13.0 Å². The van der Waals surface area contributed by atoms with Crippen LogP contribution in [0.3, 0.4) is 0 Å². The molecule has 0 aromatic rings. The molecule has 0 saturated heterocycles. The van der Waals surface area contributed by atoms with Crippen molar-refractivity contribution in [1.29, 1.82) is 0 Å². The number of rotatable bonds is 5. The molecule has 2 heteroatoms. The van der Waals surface area contributed by atoms with Crippen molar-refractivity contribution in [3.05, 3.63) is 6.42 Å². The van der Waals surface area contributed by atoms with Crippen molar-refractivity contribution >= 4 is 5.97 Å². The van der Waals surface area contributed by atoms with E-state index in [9.17, 15) is 4.79 Å². The van der Waals surface area contributed by atoms with Crippen LogP contribution in [0.5, 0.6) is 0 Å². The fraction of sp³-hybridized carbons (Fsp3) is 0.818. The highest BCUT2D eigenvalue weighted by atomic mass is 16.5. The highest BCUT2D eigenvalue weighted by Crippen LogP contribution is 2.27. The third-order valence-corrected chi connectivity index (χ3v) is 2.62. The molecule has 1 saturated carbocycles. The molecule has 75 valence electrons. The maximum Gasteiger partial charge on any atom is 0.309 e. The van der Waals surface area contributed by atoms with Crippen LogP contribution in [-0.2, 0) is 9.53 Å². The molecule has 0 bridgehead atoms. The van der Waals surface area contributed by atoms with Crippen molar-refractivity contribution in [2.45, 2.75) is 45.4 Å². The van der Waals surface area contributed by atoms with Gasteiger partial charge in [0.15, 0.2) is 0 Å². The van der Waals surface area contributed by atoms with Gasteiger partial charge >= 0.3 is 5.97 Å². The summed E-state index contributed by atoms with van der Waals surface area (Å²) in [6.45, 7) is 2.55. The molecule has 2 nitrogen and oxygen atoms in total. The molecule has 0 unspecified atom stereocenters. The molecule has 1 radical (unpaired) electrons. The van der Waals surface area contributed by atoms with Gasteiger partial charge in [-0.15, -0.1) is 0 Å². The third kappa shape index (κ3) is 4.30. The molecule has 0 atom stereocenters. The van der Waals surface area contributed by atoms with E-state index in [0.717, 1.165) is 18.8 Å². The van der Waals surface area contributed by atoms with Gasteiger partial charge in [0.1, 0.15) is 0 Å². The molecule has 0 N–H and O–H groups in total. The van der Waals surface area contributed by atoms with Gasteiger partial charge in [-0.2, -0.15) is 0 Å². The van der Waals surface area contributed by atoms with Crippen molar-refractivity contribution in [2.75, 3.05) is 6.61 Å². The van der Waals surface area contributed by atoms with Crippen molar-refractivity contribution < 1.29 is 9.53 Å². The predicted molar refractivity (Wildman–Crippen MR) is 52.1 cm³/mol. The first kappa shape index (κ1) is 10.6. The second kappa shape index (κ2) is 6.01. The standard InChI is InChI=1S/C11H19O2/c1-2-5-11(12)13-9-8-10-6-3-4-7-10/h5,10H,2-4,6-9H2,1H3. The zero-order chi connectivity index (χ0) is 9.52. The molecule has 0 aromatic heterocycles. The second-order valence-corrected chi connectivity index (χ2v) is 3.72. The average molecular weight is 183 g/mol. The van der Waals surface area contributed by atoms with E-state index in [-0.39, 0.29) is 5.97 Å². The summed E-state index contributed by atoms with van der Waals surface area (Å²) >= 11 is 0. The number of carbonyl (C=O) groups excluding carboxylic acids is 1. The normalized spacial score (nSPS) is 17.6. The van der Waals surface area contributed by atoms with Crippen LogP contribution in [-0.4, -0.2) is 12.6 Å². The van der Waals surface area contributed by atoms with Gasteiger partial charge in [0, 0.05) is 0 Å². The van der Waals surface area contributed by atoms with Gasteiger partial charge in [-0.25, -0.2) is 0 Å². The highest BCUT2D eigenvalue weighted by molar-refractivity contribution is 5.78. The average Bonchev–Trinajstić information content (AvgIpc) is 2.57. The van der Waals surface area contributed by atoms with E-state index < -0.39 is 0 Å². The summed E-state index contributed by atoms with van der Waals surface area (Å²) in [5, 5.41) is 0. The Morgan fingerprint density at radius 1 is 1.46 bits per heavy atom. The van der Waals surface area contributed by atoms with Crippen LogP contribution in [0, 0.1) is 12.3 Å². The second-order valence-electron chi connectivity index (χ2n) is 3.72. The van der Waals surface area contributed by atoms with E-state index in [4.69, 9.17) is 4.74 Å². The Hall–Kier alpha value is -0.530. The maximum absolute atomic E-state index is 10.9. The molecule has 0 heterocycles. The van der Waals surface area contributed by atoms with Gasteiger partial charge in [-0.05, 0) is 18.8 Å². The Morgan fingerprint density at radius 3 is 2.77 bits per heavy atom. The molecular formula is C11H19O2. The first-order chi connectivity index (χ1) is 6.33. The number of ether oxygens (including phenoxy) is 1. The summed E-state index contributed by atoms with van der Waals surface area (Å²) in [5.74, 6) is 0.662. The fourth-order valence-corrected chi connectivity index (χ4v) is 1.85. The molecule has 0 aromatic carbocycles. The topological polar surface area (TPSA) is 26.3 Å². The zero-order valence-electron chi connectivity index (χ0n) is 8.42. The Kier molecular flexibility index (Phi) is 4.87. The van der Waals surface area contributed by atoms with Crippen LogP contribution in [0.25, 0.3) is 0 Å². The van der Waals surface area contributed by atoms with E-state index in [1.54, 1.807) is 6.42 Å². The maximum atomic E-state index is 10.9. The molecule has 0 amide bonds. The van der Waals surface area contributed by atoms with Crippen molar-refractivity contribution in [3.8, 4) is 0 Å². The van der Waals surface area contributed by atoms with E-state index in [0.29, 0.717) is 6.61 Å². The Bertz CT molecular complexity index is 148. The van der Waals surface area contributed by atoms with E-state index >= 15 is 0 Å². The van der Waals surface area contributed by atoms with Crippen LogP contribution >= 0.6 is 0 Å². The molecule has 13 heavy (non-hydrogen) atoms. The summed E-state index contributed by atoms with van der Waals surface area (Å²) < 4.78 is 5.05. The van der Waals surface area contributed by atoms with Crippen LogP contribution in [0.15, 0.2) is 0 Å². The quantitative estimate of drug-likeness (QED) is 0.612. The summed E-state index contributed by atoms with van der Waals surface area (Å²) in [4.78, 5) is 10.9. The Labute approximate surface area is 80.7 Å². The van der Waals surface area contributed by atoms with Crippen LogP contribution in [0.2, 0.25) is 0 Å². The molecule has 1 aliphatic rings. The van der Waals surface area contributed by atoms with Gasteiger partial charge in [-0.3, -0.25) is 4.79 Å². The van der Waals surface area contributed by atoms with Gasteiger partial charge in [-0.1, -0.05) is 32.6 Å². The van der Waals surface area contributed by atoms with Crippen LogP contribution in [0.1, 0.15) is 45.4 Å². The SMILES string of the molecule is CC[CH]C(=O)OCCC1CCCC1. The minimum Gasteiger partial charge on any atom is -0.465 e. The molecule has 1 rings (SSSR count). The summed E-state index contributed by atoms with van der Waals surface area (Å²) in [7, 11) is 0. The smallest absolute Gasteiger partial charge is 0.309 e. The van der Waals surface area contributed by atoms with Gasteiger partial charge in [0.25, 0.3) is 0 Å². The van der Waals surface area contributed by atoms with Crippen LogP contribution < -0.4 is 0 Å². The highest BCUT2D eigenvalue weighted by Gasteiger charge is 2.14. The van der Waals surface area contributed by atoms with Crippen molar-refractivity contribution in [1.82, 2.24) is 0 Å². The number of hydrogen-bond donors (Lipinski definition) is 0. The third-order valence-electron chi connectivity index (χ3n) is 2.62. The lowest BCUT2D eigenvalue weighted by Crippen LogP contribution is -2.08. The Morgan fingerprint density at radius 2 is 2.15 bits per heavy atom. The van der Waals surface area contributed by atoms with E-state index in [2.05, 4.69) is 0 Å². The largest absolute Gasteiger partial charge is 0.465 e. The van der Waals surface area contributed by atoms with E-state index in [1.165, 1.54) is 25.7 Å². The number of hydrogen-bond acceptors (Lipinski definition) is 2. The lowest BCUT2D eigenvalue weighted by molar-refractivity contribution is -0.139. The van der Waals surface area contributed by atoms with Crippen LogP contribution in [0.4, 0.5) is 0 Å². The molecule has 1 fully saturated rings. The summed E-state index contributed by atoms with van der Waals surface area (Å²) in [5.41, 5.74) is 0. The van der Waals surface area contributed by atoms with E-state index in [1.807, 2.05) is 6.92 Å². The minimum absolute atomic E-state index is 0.152. The predicted octanol–water partition coefficient (Wildman–Crippen LogP) is 2.72. The lowest BCUT2D eigenvalue weighted by Gasteiger charge is -2.08. The Balaban J connectivity index is 1.96. The minimum atomic E-state index is -0.152. The van der Waals surface area contributed by atoms with Crippen molar-refractivity contribution in [3.63, 3.8) is 0 Å². The molecule has 1 aliphatic carbocycles. The molecule has 0 aliphatic heterocycles. The number of esters is 1. The monoisotopic (exact) mass is 183 g/mol. The molecular weight excluding hydrogens is 164 g/mol. The zero-order valence-corrected chi connectivity index (χ0v) is 8.42. The van der Waals surface area contributed by atoms with Gasteiger partial charge in [0.2, 0.25) is 0 Å². The first-order valence-corrected chi connectivity index (χ1v) is 5.33. The lowest BCUT2D eigenvalue weighted by atomic mass is 10.1. The summed E-state index contributed by atoms with van der Waals surface area (Å²) in [6.07, 6.45) is 8.80. The number of carbonyl (C=O) groups is 1. The molecule has 0 spiro atoms. The van der Waals surface area contributed by atoms with Crippen molar-refractivity contribution in [2.24, 2.45) is 5.92 Å².